The lowest BCUT2D eigenvalue weighted by Crippen LogP contribution is -2.52. The molecule has 1 aromatic carbocycles. The van der Waals surface area contributed by atoms with Crippen molar-refractivity contribution in [3.8, 4) is 0 Å². The number of hydrogen-bond donors (Lipinski definition) is 2. The van der Waals surface area contributed by atoms with Crippen LogP contribution in [0.1, 0.15) is 19.4 Å². The van der Waals surface area contributed by atoms with Crippen LogP contribution in [0, 0.1) is 0 Å². The highest BCUT2D eigenvalue weighted by Crippen LogP contribution is 2.27. The van der Waals surface area contributed by atoms with Gasteiger partial charge >= 0.3 is 0 Å². The monoisotopic (exact) mass is 299 g/mol. The summed E-state index contributed by atoms with van der Waals surface area (Å²) < 4.78 is 5.52. The molecule has 2 heterocycles. The first-order valence-electron chi connectivity index (χ1n) is 7.56. The SMILES string of the molecule is CC(C)(NC(=O)[C@@H]1CNCCO1)c1ccnc2ccccc12. The second kappa shape index (κ2) is 6.02. The van der Waals surface area contributed by atoms with Gasteiger partial charge in [-0.05, 0) is 31.5 Å². The first-order valence-corrected chi connectivity index (χ1v) is 7.56. The first kappa shape index (κ1) is 14.9. The van der Waals surface area contributed by atoms with E-state index in [9.17, 15) is 4.79 Å². The number of fused-ring (bicyclic) bond motifs is 1. The maximum absolute atomic E-state index is 12.4. The minimum atomic E-state index is -0.500. The van der Waals surface area contributed by atoms with E-state index in [0.717, 1.165) is 23.0 Å². The Labute approximate surface area is 130 Å². The molecule has 0 saturated carbocycles. The van der Waals surface area contributed by atoms with Crippen LogP contribution >= 0.6 is 0 Å². The van der Waals surface area contributed by atoms with Crippen molar-refractivity contribution in [3.05, 3.63) is 42.1 Å². The van der Waals surface area contributed by atoms with Gasteiger partial charge < -0.3 is 15.4 Å². The van der Waals surface area contributed by atoms with Crippen LogP contribution in [0.4, 0.5) is 0 Å². The van der Waals surface area contributed by atoms with E-state index in [0.29, 0.717) is 13.2 Å². The molecule has 5 nitrogen and oxygen atoms in total. The average molecular weight is 299 g/mol. The summed E-state index contributed by atoms with van der Waals surface area (Å²) in [5, 5.41) is 7.33. The van der Waals surface area contributed by atoms with Gasteiger partial charge in [0.05, 0.1) is 17.7 Å². The van der Waals surface area contributed by atoms with Gasteiger partial charge in [-0.3, -0.25) is 9.78 Å². The van der Waals surface area contributed by atoms with Gasteiger partial charge in [0, 0.05) is 24.7 Å². The van der Waals surface area contributed by atoms with Crippen molar-refractivity contribution in [2.45, 2.75) is 25.5 Å². The third kappa shape index (κ3) is 2.96. The largest absolute Gasteiger partial charge is 0.366 e. The van der Waals surface area contributed by atoms with Crippen LogP contribution in [0.3, 0.4) is 0 Å². The van der Waals surface area contributed by atoms with Crippen molar-refractivity contribution in [1.29, 1.82) is 0 Å². The molecule has 1 fully saturated rings. The fourth-order valence-electron chi connectivity index (χ4n) is 2.83. The van der Waals surface area contributed by atoms with Gasteiger partial charge in [-0.1, -0.05) is 18.2 Å². The highest BCUT2D eigenvalue weighted by atomic mass is 16.5. The topological polar surface area (TPSA) is 63.2 Å². The lowest BCUT2D eigenvalue weighted by molar-refractivity contribution is -0.136. The Morgan fingerprint density at radius 2 is 2.18 bits per heavy atom. The van der Waals surface area contributed by atoms with E-state index < -0.39 is 11.6 Å². The lowest BCUT2D eigenvalue weighted by atomic mass is 9.91. The van der Waals surface area contributed by atoms with Crippen molar-refractivity contribution in [2.24, 2.45) is 0 Å². The number of nitrogens with one attached hydrogen (secondary N) is 2. The fraction of sp³-hybridized carbons (Fsp3) is 0.412. The number of carbonyl (C=O) groups excluding carboxylic acids is 1. The quantitative estimate of drug-likeness (QED) is 0.903. The van der Waals surface area contributed by atoms with Crippen LogP contribution in [-0.4, -0.2) is 36.7 Å². The van der Waals surface area contributed by atoms with Gasteiger partial charge in [0.15, 0.2) is 0 Å². The smallest absolute Gasteiger partial charge is 0.251 e. The molecule has 116 valence electrons. The zero-order valence-corrected chi connectivity index (χ0v) is 12.9. The molecule has 1 amide bonds. The minimum absolute atomic E-state index is 0.0851. The molecular formula is C17H21N3O2. The lowest BCUT2D eigenvalue weighted by Gasteiger charge is -2.31. The fourth-order valence-corrected chi connectivity index (χ4v) is 2.83. The summed E-state index contributed by atoms with van der Waals surface area (Å²) in [4.78, 5) is 16.8. The summed E-state index contributed by atoms with van der Waals surface area (Å²) in [6, 6.07) is 9.92. The molecule has 0 radical (unpaired) electrons. The predicted octanol–water partition coefficient (Wildman–Crippen LogP) is 1.57. The normalized spacial score (nSPS) is 19.1. The minimum Gasteiger partial charge on any atom is -0.366 e. The number of aromatic nitrogens is 1. The third-order valence-corrected chi connectivity index (χ3v) is 3.98. The Morgan fingerprint density at radius 3 is 2.95 bits per heavy atom. The molecule has 22 heavy (non-hydrogen) atoms. The van der Waals surface area contributed by atoms with Crippen molar-refractivity contribution in [3.63, 3.8) is 0 Å². The number of rotatable bonds is 3. The Balaban J connectivity index is 1.86. The molecule has 0 aliphatic carbocycles. The van der Waals surface area contributed by atoms with Crippen LogP contribution in [0.2, 0.25) is 0 Å². The molecule has 1 atom stereocenters. The Morgan fingerprint density at radius 1 is 1.36 bits per heavy atom. The van der Waals surface area contributed by atoms with Crippen LogP contribution in [0.25, 0.3) is 10.9 Å². The van der Waals surface area contributed by atoms with E-state index in [1.54, 1.807) is 6.20 Å². The highest BCUT2D eigenvalue weighted by molar-refractivity contribution is 5.86. The Kier molecular flexibility index (Phi) is 4.09. The summed E-state index contributed by atoms with van der Waals surface area (Å²) in [5.41, 5.74) is 1.48. The Hall–Kier alpha value is -1.98. The van der Waals surface area contributed by atoms with E-state index in [1.165, 1.54) is 0 Å². The number of benzene rings is 1. The van der Waals surface area contributed by atoms with Crippen molar-refractivity contribution in [2.75, 3.05) is 19.7 Å². The summed E-state index contributed by atoms with van der Waals surface area (Å²) in [7, 11) is 0. The number of para-hydroxylation sites is 1. The molecule has 0 spiro atoms. The number of hydrogen-bond acceptors (Lipinski definition) is 4. The van der Waals surface area contributed by atoms with Crippen LogP contribution in [0.15, 0.2) is 36.5 Å². The van der Waals surface area contributed by atoms with Gasteiger partial charge in [0.2, 0.25) is 0 Å². The van der Waals surface area contributed by atoms with Crippen LogP contribution < -0.4 is 10.6 Å². The van der Waals surface area contributed by atoms with E-state index in [-0.39, 0.29) is 5.91 Å². The number of morpholine rings is 1. The summed E-state index contributed by atoms with van der Waals surface area (Å²) in [6.45, 7) is 5.92. The molecule has 0 unspecified atom stereocenters. The van der Waals surface area contributed by atoms with Crippen molar-refractivity contribution < 1.29 is 9.53 Å². The Bertz CT molecular complexity index is 673. The van der Waals surface area contributed by atoms with E-state index in [2.05, 4.69) is 15.6 Å². The summed E-state index contributed by atoms with van der Waals surface area (Å²) in [5.74, 6) is -0.0851. The van der Waals surface area contributed by atoms with Gasteiger partial charge in [-0.25, -0.2) is 0 Å². The molecule has 2 aromatic rings. The zero-order valence-electron chi connectivity index (χ0n) is 12.9. The maximum Gasteiger partial charge on any atom is 0.251 e. The van der Waals surface area contributed by atoms with Gasteiger partial charge in [-0.2, -0.15) is 0 Å². The molecule has 2 N–H and O–H groups in total. The molecule has 1 aliphatic heterocycles. The molecular weight excluding hydrogens is 278 g/mol. The van der Waals surface area contributed by atoms with E-state index >= 15 is 0 Å². The molecule has 3 rings (SSSR count). The summed E-state index contributed by atoms with van der Waals surface area (Å²) in [6.07, 6.45) is 1.35. The van der Waals surface area contributed by atoms with Gasteiger partial charge in [0.1, 0.15) is 6.10 Å². The van der Waals surface area contributed by atoms with E-state index in [1.807, 2.05) is 44.2 Å². The number of amides is 1. The molecule has 5 heteroatoms. The molecule has 1 saturated heterocycles. The second-order valence-corrected chi connectivity index (χ2v) is 6.05. The number of carbonyl (C=O) groups is 1. The second-order valence-electron chi connectivity index (χ2n) is 6.05. The average Bonchev–Trinajstić information content (AvgIpc) is 2.54. The first-order chi connectivity index (χ1) is 10.6. The van der Waals surface area contributed by atoms with Crippen molar-refractivity contribution >= 4 is 16.8 Å². The number of ether oxygens (including phenoxy) is 1. The molecule has 0 bridgehead atoms. The molecule has 1 aliphatic rings. The van der Waals surface area contributed by atoms with Gasteiger partial charge in [0.25, 0.3) is 5.91 Å². The summed E-state index contributed by atoms with van der Waals surface area (Å²) >= 11 is 0. The van der Waals surface area contributed by atoms with Crippen molar-refractivity contribution in [1.82, 2.24) is 15.6 Å². The molecule has 1 aromatic heterocycles. The van der Waals surface area contributed by atoms with Crippen LogP contribution in [0.5, 0.6) is 0 Å². The standard InChI is InChI=1S/C17H21N3O2/c1-17(2,20-16(21)15-11-18-9-10-22-15)13-7-8-19-14-6-4-3-5-12(13)14/h3-8,15,18H,9-11H2,1-2H3,(H,20,21)/t15-/m0/s1. The predicted molar refractivity (Wildman–Crippen MR) is 85.5 cm³/mol. The van der Waals surface area contributed by atoms with Gasteiger partial charge in [-0.15, -0.1) is 0 Å². The number of pyridine rings is 1. The van der Waals surface area contributed by atoms with Crippen LogP contribution in [-0.2, 0) is 15.1 Å². The highest BCUT2D eigenvalue weighted by Gasteiger charge is 2.30. The zero-order chi connectivity index (χ0) is 15.6. The van der Waals surface area contributed by atoms with E-state index in [4.69, 9.17) is 4.74 Å². The number of nitrogens with zero attached hydrogens (tertiary/aromatic N) is 1. The maximum atomic E-state index is 12.4. The third-order valence-electron chi connectivity index (χ3n) is 3.98.